The first-order chi connectivity index (χ1) is 10.2. The van der Waals surface area contributed by atoms with Crippen molar-refractivity contribution in [3.8, 4) is 5.75 Å². The summed E-state index contributed by atoms with van der Waals surface area (Å²) in [5, 5.41) is 2.45. The van der Waals surface area contributed by atoms with Crippen molar-refractivity contribution in [3.05, 3.63) is 59.9 Å². The van der Waals surface area contributed by atoms with E-state index in [1.807, 2.05) is 30.3 Å². The fourth-order valence-corrected chi connectivity index (χ4v) is 1.66. The summed E-state index contributed by atoms with van der Waals surface area (Å²) in [6.45, 7) is 0.241. The molecule has 0 atom stereocenters. The summed E-state index contributed by atoms with van der Waals surface area (Å²) in [6.07, 6.45) is 0. The molecular formula is C15H15FN2O3. The maximum Gasteiger partial charge on any atom is 0.343 e. The standard InChI is InChI=1S/C15H15FN2O3/c1-20-14-8-7-12(9-13(14)16)17-15(19)18-21-10-11-5-3-2-4-6-11/h2-9H,10H2,1H3,(H2,17,18,19). The number of carbonyl (C=O) groups is 1. The van der Waals surface area contributed by atoms with Crippen molar-refractivity contribution in [3.63, 3.8) is 0 Å². The molecule has 0 saturated heterocycles. The van der Waals surface area contributed by atoms with Crippen molar-refractivity contribution < 1.29 is 18.8 Å². The molecule has 0 aromatic heterocycles. The van der Waals surface area contributed by atoms with E-state index in [1.54, 1.807) is 0 Å². The Labute approximate surface area is 121 Å². The van der Waals surface area contributed by atoms with Gasteiger partial charge >= 0.3 is 6.03 Å². The SMILES string of the molecule is COc1ccc(NC(=O)NOCc2ccccc2)cc1F. The number of hydrogen-bond donors (Lipinski definition) is 2. The second-order valence-corrected chi connectivity index (χ2v) is 4.18. The highest BCUT2D eigenvalue weighted by Crippen LogP contribution is 2.20. The maximum atomic E-state index is 13.4. The summed E-state index contributed by atoms with van der Waals surface area (Å²) in [5.74, 6) is -0.443. The van der Waals surface area contributed by atoms with E-state index in [-0.39, 0.29) is 12.4 Å². The van der Waals surface area contributed by atoms with Crippen molar-refractivity contribution in [1.82, 2.24) is 5.48 Å². The third-order valence-corrected chi connectivity index (χ3v) is 2.66. The molecule has 0 aliphatic heterocycles. The van der Waals surface area contributed by atoms with Crippen molar-refractivity contribution in [1.29, 1.82) is 0 Å². The Morgan fingerprint density at radius 1 is 1.19 bits per heavy atom. The number of methoxy groups -OCH3 is 1. The Morgan fingerprint density at radius 3 is 2.62 bits per heavy atom. The van der Waals surface area contributed by atoms with Crippen LogP contribution >= 0.6 is 0 Å². The lowest BCUT2D eigenvalue weighted by atomic mass is 10.2. The van der Waals surface area contributed by atoms with Gasteiger partial charge in [-0.3, -0.25) is 4.84 Å². The number of carbonyl (C=O) groups excluding carboxylic acids is 1. The van der Waals surface area contributed by atoms with Crippen LogP contribution in [0.25, 0.3) is 0 Å². The average molecular weight is 290 g/mol. The number of urea groups is 1. The number of amides is 2. The van der Waals surface area contributed by atoms with Crippen LogP contribution in [0.15, 0.2) is 48.5 Å². The molecule has 2 N–H and O–H groups in total. The van der Waals surface area contributed by atoms with Crippen LogP contribution in [0.5, 0.6) is 5.75 Å². The highest BCUT2D eigenvalue weighted by molar-refractivity contribution is 5.88. The molecule has 0 bridgehead atoms. The molecule has 6 heteroatoms. The number of hydrogen-bond acceptors (Lipinski definition) is 3. The summed E-state index contributed by atoms with van der Waals surface area (Å²) < 4.78 is 18.2. The van der Waals surface area contributed by atoms with Gasteiger partial charge in [-0.2, -0.15) is 0 Å². The molecule has 0 unspecified atom stereocenters. The molecule has 21 heavy (non-hydrogen) atoms. The van der Waals surface area contributed by atoms with Gasteiger partial charge in [-0.05, 0) is 17.7 Å². The normalized spacial score (nSPS) is 10.0. The lowest BCUT2D eigenvalue weighted by Gasteiger charge is -2.09. The van der Waals surface area contributed by atoms with Crippen LogP contribution < -0.4 is 15.5 Å². The molecule has 2 aromatic carbocycles. The molecule has 0 heterocycles. The Kier molecular flexibility index (Phi) is 5.11. The van der Waals surface area contributed by atoms with E-state index in [0.29, 0.717) is 5.69 Å². The highest BCUT2D eigenvalue weighted by atomic mass is 19.1. The maximum absolute atomic E-state index is 13.4. The minimum absolute atomic E-state index is 0.112. The van der Waals surface area contributed by atoms with Crippen LogP contribution in [0, 0.1) is 5.82 Å². The molecule has 110 valence electrons. The van der Waals surface area contributed by atoms with Crippen molar-refractivity contribution >= 4 is 11.7 Å². The number of nitrogens with one attached hydrogen (secondary N) is 2. The van der Waals surface area contributed by atoms with Crippen LogP contribution in [0.2, 0.25) is 0 Å². The third-order valence-electron chi connectivity index (χ3n) is 2.66. The van der Waals surface area contributed by atoms with Crippen LogP contribution in [0.4, 0.5) is 14.9 Å². The van der Waals surface area contributed by atoms with Crippen molar-refractivity contribution in [2.45, 2.75) is 6.61 Å². The van der Waals surface area contributed by atoms with Crippen LogP contribution in [0.1, 0.15) is 5.56 Å². The number of anilines is 1. The Bertz CT molecular complexity index is 605. The lowest BCUT2D eigenvalue weighted by molar-refractivity contribution is 0.0536. The van der Waals surface area contributed by atoms with E-state index in [0.717, 1.165) is 11.6 Å². The first kappa shape index (κ1) is 14.8. The molecule has 5 nitrogen and oxygen atoms in total. The molecule has 0 aliphatic rings. The highest BCUT2D eigenvalue weighted by Gasteiger charge is 2.06. The largest absolute Gasteiger partial charge is 0.494 e. The number of rotatable bonds is 5. The average Bonchev–Trinajstić information content (AvgIpc) is 2.48. The van der Waals surface area contributed by atoms with Crippen molar-refractivity contribution in [2.75, 3.05) is 12.4 Å². The van der Waals surface area contributed by atoms with Gasteiger partial charge in [-0.15, -0.1) is 0 Å². The van der Waals surface area contributed by atoms with E-state index < -0.39 is 11.8 Å². The Hall–Kier alpha value is -2.60. The molecule has 0 radical (unpaired) electrons. The zero-order valence-electron chi connectivity index (χ0n) is 11.4. The van der Waals surface area contributed by atoms with Gasteiger partial charge in [0.15, 0.2) is 11.6 Å². The lowest BCUT2D eigenvalue weighted by Crippen LogP contribution is -2.28. The zero-order valence-corrected chi connectivity index (χ0v) is 11.4. The van der Waals surface area contributed by atoms with Gasteiger partial charge in [-0.25, -0.2) is 14.7 Å². The van der Waals surface area contributed by atoms with E-state index in [4.69, 9.17) is 9.57 Å². The second kappa shape index (κ2) is 7.25. The minimum Gasteiger partial charge on any atom is -0.494 e. The fraction of sp³-hybridized carbons (Fsp3) is 0.133. The van der Waals surface area contributed by atoms with Gasteiger partial charge in [-0.1, -0.05) is 30.3 Å². The quantitative estimate of drug-likeness (QED) is 0.832. The topological polar surface area (TPSA) is 59.6 Å². The molecule has 2 aromatic rings. The molecule has 2 amide bonds. The monoisotopic (exact) mass is 290 g/mol. The van der Waals surface area contributed by atoms with E-state index in [9.17, 15) is 9.18 Å². The third kappa shape index (κ3) is 4.47. The molecule has 0 saturated carbocycles. The Morgan fingerprint density at radius 2 is 1.95 bits per heavy atom. The number of hydroxylamine groups is 1. The predicted octanol–water partition coefficient (Wildman–Crippen LogP) is 3.09. The van der Waals surface area contributed by atoms with Gasteiger partial charge in [0.1, 0.15) is 0 Å². The van der Waals surface area contributed by atoms with Gasteiger partial charge in [0.25, 0.3) is 0 Å². The van der Waals surface area contributed by atoms with E-state index in [2.05, 4.69) is 10.8 Å². The number of ether oxygens (including phenoxy) is 1. The van der Waals surface area contributed by atoms with Gasteiger partial charge in [0, 0.05) is 11.8 Å². The summed E-state index contributed by atoms with van der Waals surface area (Å²) in [7, 11) is 1.37. The van der Waals surface area contributed by atoms with Gasteiger partial charge < -0.3 is 10.1 Å². The Balaban J connectivity index is 1.80. The molecule has 0 fully saturated rings. The summed E-state index contributed by atoms with van der Waals surface area (Å²) in [4.78, 5) is 16.6. The second-order valence-electron chi connectivity index (χ2n) is 4.18. The summed E-state index contributed by atoms with van der Waals surface area (Å²) >= 11 is 0. The fourth-order valence-electron chi connectivity index (χ4n) is 1.66. The molecule has 0 aliphatic carbocycles. The van der Waals surface area contributed by atoms with Crippen LogP contribution in [0.3, 0.4) is 0 Å². The number of benzene rings is 2. The summed E-state index contributed by atoms with van der Waals surface area (Å²) in [5.41, 5.74) is 3.45. The van der Waals surface area contributed by atoms with E-state index >= 15 is 0 Å². The van der Waals surface area contributed by atoms with Crippen molar-refractivity contribution in [2.24, 2.45) is 0 Å². The van der Waals surface area contributed by atoms with Gasteiger partial charge in [0.05, 0.1) is 13.7 Å². The minimum atomic E-state index is -0.588. The van der Waals surface area contributed by atoms with Crippen LogP contribution in [-0.4, -0.2) is 13.1 Å². The van der Waals surface area contributed by atoms with Gasteiger partial charge in [0.2, 0.25) is 0 Å². The smallest absolute Gasteiger partial charge is 0.343 e. The van der Waals surface area contributed by atoms with Crippen LogP contribution in [-0.2, 0) is 11.4 Å². The first-order valence-corrected chi connectivity index (χ1v) is 6.25. The first-order valence-electron chi connectivity index (χ1n) is 6.25. The molecular weight excluding hydrogens is 275 g/mol. The molecule has 2 rings (SSSR count). The summed E-state index contributed by atoms with van der Waals surface area (Å²) in [6, 6.07) is 12.9. The molecule has 0 spiro atoms. The van der Waals surface area contributed by atoms with E-state index in [1.165, 1.54) is 19.2 Å². The number of halogens is 1. The predicted molar refractivity (Wildman–Crippen MR) is 76.3 cm³/mol. The zero-order chi connectivity index (χ0) is 15.1.